The molecule has 0 saturated carbocycles. The molecule has 1 aromatic carbocycles. The monoisotopic (exact) mass is 340 g/mol. The highest BCUT2D eigenvalue weighted by molar-refractivity contribution is 6.06. The number of para-hydroxylation sites is 1. The summed E-state index contributed by atoms with van der Waals surface area (Å²) in [6.45, 7) is 1.98. The fourth-order valence-corrected chi connectivity index (χ4v) is 3.95. The fraction of sp³-hybridized carbons (Fsp3) is 0.368. The Morgan fingerprint density at radius 1 is 1.32 bits per heavy atom. The molecule has 3 heterocycles. The van der Waals surface area contributed by atoms with Crippen molar-refractivity contribution >= 4 is 11.6 Å². The van der Waals surface area contributed by atoms with Crippen molar-refractivity contribution in [1.82, 2.24) is 4.90 Å². The van der Waals surface area contributed by atoms with Gasteiger partial charge in [-0.05, 0) is 31.0 Å². The summed E-state index contributed by atoms with van der Waals surface area (Å²) in [5.41, 5.74) is 1.27. The smallest absolute Gasteiger partial charge is 0.236 e. The summed E-state index contributed by atoms with van der Waals surface area (Å²) in [6.07, 6.45) is 3.09. The number of carbonyl (C=O) groups excluding carboxylic acids is 1. The number of anilines is 1. The number of ether oxygens (including phenoxy) is 1. The molecular formula is C19H20N2O4. The highest BCUT2D eigenvalue weighted by atomic mass is 16.5. The Kier molecular flexibility index (Phi) is 3.84. The number of benzene rings is 1. The van der Waals surface area contributed by atoms with E-state index in [0.717, 1.165) is 30.6 Å². The van der Waals surface area contributed by atoms with Crippen molar-refractivity contribution in [1.29, 1.82) is 0 Å². The SMILES string of the molecule is COc1coc(CN2CCC[C@]3(C2)C(=O)Nc2ccccc23)cc1=O. The highest BCUT2D eigenvalue weighted by Gasteiger charge is 2.48. The van der Waals surface area contributed by atoms with Gasteiger partial charge in [-0.15, -0.1) is 0 Å². The Labute approximate surface area is 145 Å². The Morgan fingerprint density at radius 2 is 2.16 bits per heavy atom. The molecule has 25 heavy (non-hydrogen) atoms. The molecule has 2 aromatic rings. The van der Waals surface area contributed by atoms with Crippen LogP contribution in [0.4, 0.5) is 5.69 Å². The number of hydrogen-bond acceptors (Lipinski definition) is 5. The largest absolute Gasteiger partial charge is 0.490 e. The van der Waals surface area contributed by atoms with Crippen molar-refractivity contribution in [3.63, 3.8) is 0 Å². The van der Waals surface area contributed by atoms with Crippen LogP contribution >= 0.6 is 0 Å². The molecule has 4 rings (SSSR count). The van der Waals surface area contributed by atoms with Crippen LogP contribution in [0.5, 0.6) is 5.75 Å². The van der Waals surface area contributed by atoms with E-state index in [0.29, 0.717) is 18.8 Å². The van der Waals surface area contributed by atoms with Crippen LogP contribution in [0, 0.1) is 0 Å². The predicted molar refractivity (Wildman–Crippen MR) is 92.8 cm³/mol. The first kappa shape index (κ1) is 15.9. The summed E-state index contributed by atoms with van der Waals surface area (Å²) < 4.78 is 10.5. The third-order valence-electron chi connectivity index (χ3n) is 5.15. The molecule has 2 aliphatic heterocycles. The standard InChI is InChI=1S/C19H20N2O4/c1-24-17-11-25-13(9-16(17)22)10-21-8-4-7-19(12-21)14-5-2-3-6-15(14)20-18(19)23/h2-3,5-6,9,11H,4,7-8,10,12H2,1H3,(H,20,23)/t19-/m1/s1. The molecule has 1 fully saturated rings. The van der Waals surface area contributed by atoms with Gasteiger partial charge in [0.05, 0.1) is 19.1 Å². The average Bonchev–Trinajstić information content (AvgIpc) is 2.87. The lowest BCUT2D eigenvalue weighted by Crippen LogP contribution is -2.49. The van der Waals surface area contributed by atoms with Crippen LogP contribution in [-0.4, -0.2) is 31.0 Å². The predicted octanol–water partition coefficient (Wildman–Crippen LogP) is 2.13. The van der Waals surface area contributed by atoms with E-state index in [2.05, 4.69) is 10.2 Å². The van der Waals surface area contributed by atoms with Gasteiger partial charge in [-0.1, -0.05) is 18.2 Å². The first-order chi connectivity index (χ1) is 12.1. The second-order valence-electron chi connectivity index (χ2n) is 6.68. The number of rotatable bonds is 3. The molecule has 130 valence electrons. The summed E-state index contributed by atoms with van der Waals surface area (Å²) in [6, 6.07) is 9.35. The van der Waals surface area contributed by atoms with Crippen molar-refractivity contribution in [3.05, 3.63) is 58.1 Å². The fourth-order valence-electron chi connectivity index (χ4n) is 3.95. The van der Waals surface area contributed by atoms with Crippen molar-refractivity contribution in [3.8, 4) is 5.75 Å². The van der Waals surface area contributed by atoms with Gasteiger partial charge in [0.2, 0.25) is 17.1 Å². The van der Waals surface area contributed by atoms with E-state index in [4.69, 9.17) is 9.15 Å². The number of nitrogens with zero attached hydrogens (tertiary/aromatic N) is 1. The van der Waals surface area contributed by atoms with Gasteiger partial charge in [-0.2, -0.15) is 0 Å². The van der Waals surface area contributed by atoms with Crippen molar-refractivity contribution in [2.24, 2.45) is 0 Å². The van der Waals surface area contributed by atoms with E-state index >= 15 is 0 Å². The zero-order valence-electron chi connectivity index (χ0n) is 14.1. The van der Waals surface area contributed by atoms with Crippen LogP contribution in [0.2, 0.25) is 0 Å². The second kappa shape index (κ2) is 6.04. The molecule has 1 N–H and O–H groups in total. The number of fused-ring (bicyclic) bond motifs is 2. The summed E-state index contributed by atoms with van der Waals surface area (Å²) in [5, 5.41) is 3.01. The van der Waals surface area contributed by atoms with Crippen molar-refractivity contribution < 1.29 is 13.9 Å². The first-order valence-electron chi connectivity index (χ1n) is 8.41. The highest BCUT2D eigenvalue weighted by Crippen LogP contribution is 2.43. The summed E-state index contributed by atoms with van der Waals surface area (Å²) >= 11 is 0. The van der Waals surface area contributed by atoms with Gasteiger partial charge < -0.3 is 14.5 Å². The third-order valence-corrected chi connectivity index (χ3v) is 5.15. The van der Waals surface area contributed by atoms with E-state index in [1.807, 2.05) is 24.3 Å². The van der Waals surface area contributed by atoms with Crippen molar-refractivity contribution in [2.75, 3.05) is 25.5 Å². The zero-order chi connectivity index (χ0) is 17.4. The van der Waals surface area contributed by atoms with Gasteiger partial charge in [0, 0.05) is 18.3 Å². The minimum Gasteiger partial charge on any atom is -0.490 e. The van der Waals surface area contributed by atoms with Gasteiger partial charge in [0.15, 0.2) is 0 Å². The van der Waals surface area contributed by atoms with E-state index in [9.17, 15) is 9.59 Å². The normalized spacial score (nSPS) is 22.7. The molecule has 0 radical (unpaired) electrons. The topological polar surface area (TPSA) is 71.8 Å². The van der Waals surface area contributed by atoms with Gasteiger partial charge in [-0.3, -0.25) is 14.5 Å². The number of carbonyl (C=O) groups is 1. The molecule has 1 aromatic heterocycles. The Bertz CT molecular complexity index is 876. The van der Waals surface area contributed by atoms with Crippen LogP contribution in [0.25, 0.3) is 0 Å². The number of nitrogens with one attached hydrogen (secondary N) is 1. The van der Waals surface area contributed by atoms with Crippen LogP contribution in [0.3, 0.4) is 0 Å². The summed E-state index contributed by atoms with van der Waals surface area (Å²) in [5.74, 6) is 0.840. The molecule has 6 nitrogen and oxygen atoms in total. The van der Waals surface area contributed by atoms with Crippen LogP contribution in [0.15, 0.2) is 45.8 Å². The lowest BCUT2D eigenvalue weighted by atomic mass is 9.75. The van der Waals surface area contributed by atoms with Crippen LogP contribution < -0.4 is 15.5 Å². The molecule has 6 heteroatoms. The summed E-state index contributed by atoms with van der Waals surface area (Å²) in [4.78, 5) is 26.8. The molecule has 1 saturated heterocycles. The number of likely N-dealkylation sites (tertiary alicyclic amines) is 1. The van der Waals surface area contributed by atoms with Gasteiger partial charge in [0.1, 0.15) is 12.0 Å². The average molecular weight is 340 g/mol. The number of hydrogen-bond donors (Lipinski definition) is 1. The Morgan fingerprint density at radius 3 is 2.96 bits per heavy atom. The first-order valence-corrected chi connectivity index (χ1v) is 8.41. The van der Waals surface area contributed by atoms with Gasteiger partial charge >= 0.3 is 0 Å². The molecule has 0 bridgehead atoms. The molecule has 1 amide bonds. The molecule has 1 atom stereocenters. The number of piperidine rings is 1. The summed E-state index contributed by atoms with van der Waals surface area (Å²) in [7, 11) is 1.44. The van der Waals surface area contributed by atoms with Gasteiger partial charge in [-0.25, -0.2) is 0 Å². The van der Waals surface area contributed by atoms with Crippen molar-refractivity contribution in [2.45, 2.75) is 24.8 Å². The minimum atomic E-state index is -0.512. The van der Waals surface area contributed by atoms with E-state index < -0.39 is 5.41 Å². The van der Waals surface area contributed by atoms with E-state index in [1.54, 1.807) is 0 Å². The Balaban J connectivity index is 1.59. The quantitative estimate of drug-likeness (QED) is 0.927. The van der Waals surface area contributed by atoms with Gasteiger partial charge in [0.25, 0.3) is 0 Å². The number of amides is 1. The lowest BCUT2D eigenvalue weighted by Gasteiger charge is -2.38. The molecule has 2 aliphatic rings. The molecule has 0 unspecified atom stereocenters. The second-order valence-corrected chi connectivity index (χ2v) is 6.68. The van der Waals surface area contributed by atoms with E-state index in [-0.39, 0.29) is 17.1 Å². The molecule has 0 aliphatic carbocycles. The maximum Gasteiger partial charge on any atom is 0.236 e. The van der Waals surface area contributed by atoms with E-state index in [1.165, 1.54) is 19.4 Å². The molecular weight excluding hydrogens is 320 g/mol. The number of methoxy groups -OCH3 is 1. The zero-order valence-corrected chi connectivity index (χ0v) is 14.1. The molecule has 1 spiro atoms. The maximum atomic E-state index is 12.7. The minimum absolute atomic E-state index is 0.0644. The lowest BCUT2D eigenvalue weighted by molar-refractivity contribution is -0.123. The maximum absolute atomic E-state index is 12.7. The van der Waals surface area contributed by atoms with Crippen LogP contribution in [-0.2, 0) is 16.8 Å². The van der Waals surface area contributed by atoms with Crippen LogP contribution in [0.1, 0.15) is 24.2 Å². The third kappa shape index (κ3) is 2.62. The Hall–Kier alpha value is -2.60.